The van der Waals surface area contributed by atoms with Crippen molar-refractivity contribution in [1.82, 2.24) is 0 Å². The predicted molar refractivity (Wildman–Crippen MR) is 135 cm³/mol. The summed E-state index contributed by atoms with van der Waals surface area (Å²) in [5, 5.41) is 9.80. The van der Waals surface area contributed by atoms with Crippen molar-refractivity contribution in [3.63, 3.8) is 0 Å². The number of carbonyl (C=O) groups is 1. The molecule has 0 amide bonds. The van der Waals surface area contributed by atoms with Crippen molar-refractivity contribution in [2.45, 2.75) is 59.2 Å². The number of hydrogen-bond acceptors (Lipinski definition) is 5. The molecule has 0 bridgehead atoms. The summed E-state index contributed by atoms with van der Waals surface area (Å²) in [4.78, 5) is 13.1. The summed E-state index contributed by atoms with van der Waals surface area (Å²) < 4.78 is 40.8. The van der Waals surface area contributed by atoms with E-state index in [4.69, 9.17) is 9.47 Å². The molecular weight excluding hydrogens is 464 g/mol. The van der Waals surface area contributed by atoms with Crippen molar-refractivity contribution in [3.05, 3.63) is 84.1 Å². The molecule has 1 aliphatic rings. The Bertz CT molecular complexity index is 1040. The molecule has 0 fully saturated rings. The van der Waals surface area contributed by atoms with Crippen LogP contribution in [0, 0.1) is 23.2 Å². The largest absolute Gasteiger partial charge is 0.458 e. The lowest BCUT2D eigenvalue weighted by Crippen LogP contribution is -2.29. The monoisotopic (exact) mass is 497 g/mol. The molecule has 0 N–H and O–H groups in total. The minimum absolute atomic E-state index is 0.00608. The first kappa shape index (κ1) is 28.6. The van der Waals surface area contributed by atoms with Crippen LogP contribution < -0.4 is 9.47 Å². The van der Waals surface area contributed by atoms with Gasteiger partial charge in [0.2, 0.25) is 0 Å². The zero-order valence-electron chi connectivity index (χ0n) is 21.1. The molecule has 0 aromatic heterocycles. The van der Waals surface area contributed by atoms with Crippen molar-refractivity contribution < 1.29 is 27.8 Å². The van der Waals surface area contributed by atoms with E-state index in [0.717, 1.165) is 0 Å². The van der Waals surface area contributed by atoms with Gasteiger partial charge in [0.05, 0.1) is 5.92 Å². The van der Waals surface area contributed by atoms with E-state index in [9.17, 15) is 18.8 Å². The highest BCUT2D eigenvalue weighted by atomic mass is 19.3. The highest BCUT2D eigenvalue weighted by Crippen LogP contribution is 2.30. The van der Waals surface area contributed by atoms with Crippen LogP contribution in [0.2, 0.25) is 0 Å². The topological polar surface area (TPSA) is 68.6 Å². The Labute approximate surface area is 212 Å². The van der Waals surface area contributed by atoms with Gasteiger partial charge in [-0.05, 0) is 60.7 Å². The number of nitriles is 1. The number of benzene rings is 2. The Morgan fingerprint density at radius 2 is 1.69 bits per heavy atom. The van der Waals surface area contributed by atoms with Crippen LogP contribution in [0.3, 0.4) is 0 Å². The maximum Gasteiger partial charge on any atom is 0.387 e. The van der Waals surface area contributed by atoms with Gasteiger partial charge in [-0.15, -0.1) is 0 Å². The van der Waals surface area contributed by atoms with Crippen LogP contribution in [0.15, 0.2) is 78.6 Å². The van der Waals surface area contributed by atoms with Crippen LogP contribution in [-0.4, -0.2) is 18.7 Å². The van der Waals surface area contributed by atoms with Gasteiger partial charge in [-0.1, -0.05) is 64.1 Å². The minimum atomic E-state index is -2.93. The Morgan fingerprint density at radius 1 is 1.03 bits per heavy atom. The molecule has 0 heterocycles. The Morgan fingerprint density at radius 3 is 2.28 bits per heavy atom. The van der Waals surface area contributed by atoms with Crippen LogP contribution in [0.5, 0.6) is 11.5 Å². The first-order valence-corrected chi connectivity index (χ1v) is 12.1. The molecule has 2 aromatic rings. The van der Waals surface area contributed by atoms with E-state index in [1.54, 1.807) is 12.1 Å². The smallest absolute Gasteiger partial charge is 0.387 e. The number of nitrogens with zero attached hydrogens (tertiary/aromatic N) is 1. The highest BCUT2D eigenvalue weighted by Gasteiger charge is 2.31. The van der Waals surface area contributed by atoms with Crippen molar-refractivity contribution in [2.24, 2.45) is 11.8 Å². The fourth-order valence-electron chi connectivity index (χ4n) is 3.83. The molecule has 3 unspecified atom stereocenters. The number of allylic oxidation sites excluding steroid dienone is 2. The molecule has 36 heavy (non-hydrogen) atoms. The normalized spacial score (nSPS) is 16.5. The van der Waals surface area contributed by atoms with E-state index in [-0.39, 0.29) is 17.6 Å². The second-order valence-electron chi connectivity index (χ2n) is 8.28. The number of hydrogen-bond donors (Lipinski definition) is 0. The molecule has 5 nitrogen and oxygen atoms in total. The van der Waals surface area contributed by atoms with Gasteiger partial charge in [0.15, 0.2) is 6.10 Å². The summed E-state index contributed by atoms with van der Waals surface area (Å²) in [5.41, 5.74) is 0.601. The quantitative estimate of drug-likeness (QED) is 0.337. The van der Waals surface area contributed by atoms with Crippen molar-refractivity contribution in [1.29, 1.82) is 5.26 Å². The van der Waals surface area contributed by atoms with E-state index in [1.807, 2.05) is 76.3 Å². The molecule has 7 heteroatoms. The van der Waals surface area contributed by atoms with Crippen molar-refractivity contribution in [3.8, 4) is 17.6 Å². The van der Waals surface area contributed by atoms with Crippen molar-refractivity contribution in [2.75, 3.05) is 0 Å². The third-order valence-electron chi connectivity index (χ3n) is 5.45. The maximum atomic E-state index is 13.1. The summed E-state index contributed by atoms with van der Waals surface area (Å²) in [6.07, 6.45) is 5.96. The molecule has 0 saturated carbocycles. The average Bonchev–Trinajstić information content (AvgIpc) is 3.10. The molecule has 192 valence electrons. The Hall–Kier alpha value is -3.66. The second kappa shape index (κ2) is 14.7. The fraction of sp³-hybridized carbons (Fsp3) is 0.379. The number of halogens is 2. The Balaban J connectivity index is 0.00000222. The number of esters is 1. The van der Waals surface area contributed by atoms with Crippen LogP contribution in [0.1, 0.15) is 52.0 Å². The molecule has 3 rings (SSSR count). The molecule has 1 aliphatic carbocycles. The Kier molecular flexibility index (Phi) is 11.6. The second-order valence-corrected chi connectivity index (χ2v) is 8.28. The molecule has 3 atom stereocenters. The SMILES string of the molecule is CC.CC(C)C(C(=O)OC(C#N)C1C=C(Oc2ccccc2)C=CCC1)c1ccc(OC(F)F)cc1. The van der Waals surface area contributed by atoms with Crippen LogP contribution in [0.4, 0.5) is 8.78 Å². The molecule has 2 aromatic carbocycles. The summed E-state index contributed by atoms with van der Waals surface area (Å²) >= 11 is 0. The third-order valence-corrected chi connectivity index (χ3v) is 5.45. The average molecular weight is 498 g/mol. The van der Waals surface area contributed by atoms with Crippen LogP contribution in [-0.2, 0) is 9.53 Å². The first-order valence-electron chi connectivity index (χ1n) is 12.1. The molecule has 0 radical (unpaired) electrons. The van der Waals surface area contributed by atoms with Gasteiger partial charge in [0.25, 0.3) is 0 Å². The minimum Gasteiger partial charge on any atom is -0.458 e. The number of rotatable bonds is 9. The highest BCUT2D eigenvalue weighted by molar-refractivity contribution is 5.79. The fourth-order valence-corrected chi connectivity index (χ4v) is 3.83. The summed E-state index contributed by atoms with van der Waals surface area (Å²) in [6, 6.07) is 17.3. The van der Waals surface area contributed by atoms with E-state index in [1.165, 1.54) is 12.1 Å². The van der Waals surface area contributed by atoms with Crippen molar-refractivity contribution >= 4 is 5.97 Å². The summed E-state index contributed by atoms with van der Waals surface area (Å²) in [7, 11) is 0. The number of para-hydroxylation sites is 1. The molecular formula is C29H33F2NO4. The van der Waals surface area contributed by atoms with Gasteiger partial charge in [-0.3, -0.25) is 4.79 Å². The van der Waals surface area contributed by atoms with Gasteiger partial charge < -0.3 is 14.2 Å². The van der Waals surface area contributed by atoms with Crippen LogP contribution >= 0.6 is 0 Å². The molecule has 0 spiro atoms. The summed E-state index contributed by atoms with van der Waals surface area (Å²) in [5.74, 6) is -0.436. The van der Waals surface area contributed by atoms with Crippen LogP contribution in [0.25, 0.3) is 0 Å². The molecule has 0 saturated heterocycles. The van der Waals surface area contributed by atoms with E-state index in [0.29, 0.717) is 29.9 Å². The van der Waals surface area contributed by atoms with Gasteiger partial charge in [0, 0.05) is 5.92 Å². The lowest BCUT2D eigenvalue weighted by molar-refractivity contribution is -0.151. The van der Waals surface area contributed by atoms with Gasteiger partial charge >= 0.3 is 12.6 Å². The van der Waals surface area contributed by atoms with E-state index in [2.05, 4.69) is 10.8 Å². The number of carbonyl (C=O) groups excluding carboxylic acids is 1. The van der Waals surface area contributed by atoms with E-state index >= 15 is 0 Å². The summed E-state index contributed by atoms with van der Waals surface area (Å²) in [6.45, 7) is 4.79. The lowest BCUT2D eigenvalue weighted by atomic mass is 9.88. The predicted octanol–water partition coefficient (Wildman–Crippen LogP) is 7.42. The number of ether oxygens (including phenoxy) is 3. The zero-order valence-corrected chi connectivity index (χ0v) is 21.1. The van der Waals surface area contributed by atoms with Gasteiger partial charge in [0.1, 0.15) is 23.3 Å². The molecule has 0 aliphatic heterocycles. The first-order chi connectivity index (χ1) is 17.4. The maximum absolute atomic E-state index is 13.1. The standard InChI is InChI=1S/C27H27F2NO4.C2H6/c1-18(2)25(19-12-14-22(15-13-19)33-27(28)29)26(31)34-24(17-30)20-8-6-7-11-23(16-20)32-21-9-4-3-5-10-21;1-2/h3-5,7,9-16,18,20,24-25,27H,6,8H2,1-2H3;1-2H3. The lowest BCUT2D eigenvalue weighted by Gasteiger charge is -2.24. The third kappa shape index (κ3) is 8.53. The number of alkyl halides is 2. The van der Waals surface area contributed by atoms with E-state index < -0.39 is 24.6 Å². The van der Waals surface area contributed by atoms with Gasteiger partial charge in [-0.2, -0.15) is 14.0 Å². The zero-order chi connectivity index (χ0) is 26.5. The van der Waals surface area contributed by atoms with Gasteiger partial charge in [-0.25, -0.2) is 0 Å².